The molecule has 0 aromatic carbocycles. The van der Waals surface area contributed by atoms with Gasteiger partial charge in [0.15, 0.2) is 11.2 Å². The number of imidazole rings is 1. The normalized spacial score (nSPS) is 20.6. The first-order valence-electron chi connectivity index (χ1n) is 5.58. The molecule has 7 nitrogen and oxygen atoms in total. The van der Waals surface area contributed by atoms with Gasteiger partial charge in [-0.2, -0.15) is 9.97 Å². The summed E-state index contributed by atoms with van der Waals surface area (Å²) in [5, 5.41) is 9.01. The second kappa shape index (κ2) is 3.95. The molecular formula is C11H13N5O2. The SMILES string of the molecule is COc1nc(N)nc2c1ncn2/C=C1\CC1CO. The summed E-state index contributed by atoms with van der Waals surface area (Å²) in [5.74, 6) is 0.779. The molecule has 0 amide bonds. The van der Waals surface area contributed by atoms with Crippen molar-refractivity contribution in [2.45, 2.75) is 6.42 Å². The van der Waals surface area contributed by atoms with Crippen LogP contribution in [0.3, 0.4) is 0 Å². The van der Waals surface area contributed by atoms with E-state index < -0.39 is 0 Å². The predicted octanol–water partition coefficient (Wildman–Crippen LogP) is 0.270. The Morgan fingerprint density at radius 3 is 3.11 bits per heavy atom. The van der Waals surface area contributed by atoms with Crippen LogP contribution in [0.15, 0.2) is 11.9 Å². The highest BCUT2D eigenvalue weighted by Crippen LogP contribution is 2.38. The van der Waals surface area contributed by atoms with Crippen molar-refractivity contribution < 1.29 is 9.84 Å². The van der Waals surface area contributed by atoms with Gasteiger partial charge in [-0.25, -0.2) is 4.98 Å². The highest BCUT2D eigenvalue weighted by molar-refractivity contribution is 5.79. The summed E-state index contributed by atoms with van der Waals surface area (Å²) in [5.41, 5.74) is 7.98. The van der Waals surface area contributed by atoms with Crippen LogP contribution < -0.4 is 10.5 Å². The number of aliphatic hydroxyl groups excluding tert-OH is 1. The van der Waals surface area contributed by atoms with Gasteiger partial charge >= 0.3 is 0 Å². The lowest BCUT2D eigenvalue weighted by Gasteiger charge is -2.01. The number of methoxy groups -OCH3 is 1. The van der Waals surface area contributed by atoms with Crippen LogP contribution in [0, 0.1) is 5.92 Å². The number of hydrogen-bond acceptors (Lipinski definition) is 6. The number of aliphatic hydroxyl groups is 1. The molecule has 3 rings (SSSR count). The smallest absolute Gasteiger partial charge is 0.246 e. The quantitative estimate of drug-likeness (QED) is 0.807. The van der Waals surface area contributed by atoms with Gasteiger partial charge in [-0.15, -0.1) is 0 Å². The Hall–Kier alpha value is -2.15. The molecule has 94 valence electrons. The summed E-state index contributed by atoms with van der Waals surface area (Å²) >= 11 is 0. The van der Waals surface area contributed by atoms with Crippen molar-refractivity contribution in [1.29, 1.82) is 0 Å². The number of rotatable bonds is 3. The minimum absolute atomic E-state index is 0.147. The number of hydrogen-bond donors (Lipinski definition) is 2. The van der Waals surface area contributed by atoms with Crippen LogP contribution in [0.2, 0.25) is 0 Å². The van der Waals surface area contributed by atoms with Crippen molar-refractivity contribution in [3.8, 4) is 5.88 Å². The number of nitrogen functional groups attached to an aromatic ring is 1. The van der Waals surface area contributed by atoms with Crippen LogP contribution in [-0.4, -0.2) is 38.3 Å². The molecule has 2 heterocycles. The largest absolute Gasteiger partial charge is 0.479 e. The van der Waals surface area contributed by atoms with Crippen molar-refractivity contribution in [3.05, 3.63) is 11.9 Å². The van der Waals surface area contributed by atoms with Gasteiger partial charge in [0.2, 0.25) is 11.8 Å². The van der Waals surface area contributed by atoms with E-state index in [1.165, 1.54) is 12.7 Å². The van der Waals surface area contributed by atoms with E-state index in [0.29, 0.717) is 17.0 Å². The van der Waals surface area contributed by atoms with Crippen molar-refractivity contribution in [2.24, 2.45) is 5.92 Å². The zero-order valence-corrected chi connectivity index (χ0v) is 9.87. The number of nitrogens with zero attached hydrogens (tertiary/aromatic N) is 4. The zero-order chi connectivity index (χ0) is 12.7. The Kier molecular flexibility index (Phi) is 2.41. The first kappa shape index (κ1) is 11.0. The molecule has 2 aromatic rings. The topological polar surface area (TPSA) is 99.1 Å². The van der Waals surface area contributed by atoms with Crippen molar-refractivity contribution in [2.75, 3.05) is 19.5 Å². The maximum Gasteiger partial charge on any atom is 0.246 e. The third-order valence-corrected chi connectivity index (χ3v) is 2.97. The van der Waals surface area contributed by atoms with Crippen LogP contribution in [-0.2, 0) is 0 Å². The second-order valence-electron chi connectivity index (χ2n) is 4.20. The Morgan fingerprint density at radius 1 is 1.61 bits per heavy atom. The maximum atomic E-state index is 9.01. The highest BCUT2D eigenvalue weighted by atomic mass is 16.5. The molecule has 2 aromatic heterocycles. The van der Waals surface area contributed by atoms with Crippen molar-refractivity contribution in [1.82, 2.24) is 19.5 Å². The number of ether oxygens (including phenoxy) is 1. The Balaban J connectivity index is 2.09. The minimum Gasteiger partial charge on any atom is -0.479 e. The third-order valence-electron chi connectivity index (χ3n) is 2.97. The Labute approximate surface area is 103 Å². The van der Waals surface area contributed by atoms with Crippen LogP contribution in [0.5, 0.6) is 5.88 Å². The van der Waals surface area contributed by atoms with Crippen molar-refractivity contribution >= 4 is 23.3 Å². The van der Waals surface area contributed by atoms with E-state index in [4.69, 9.17) is 15.6 Å². The number of aromatic nitrogens is 4. The summed E-state index contributed by atoms with van der Waals surface area (Å²) in [4.78, 5) is 12.3. The fourth-order valence-electron chi connectivity index (χ4n) is 1.89. The van der Waals surface area contributed by atoms with Gasteiger partial charge in [-0.05, 0) is 12.0 Å². The lowest BCUT2D eigenvalue weighted by atomic mass is 10.4. The first-order chi connectivity index (χ1) is 8.72. The lowest BCUT2D eigenvalue weighted by molar-refractivity contribution is 0.281. The summed E-state index contributed by atoms with van der Waals surface area (Å²) in [6.07, 6.45) is 4.47. The van der Waals surface area contributed by atoms with Crippen LogP contribution in [0.4, 0.5) is 5.95 Å². The standard InChI is InChI=1S/C11H13N5O2/c1-18-10-8-9(14-11(12)15-10)16(5-13-8)3-6-2-7(6)4-17/h3,5,7,17H,2,4H2,1H3,(H2,12,14,15)/b6-3+. The molecule has 1 aliphatic rings. The fourth-order valence-corrected chi connectivity index (χ4v) is 1.89. The van der Waals surface area contributed by atoms with Crippen LogP contribution in [0.1, 0.15) is 6.42 Å². The van der Waals surface area contributed by atoms with Gasteiger partial charge in [-0.3, -0.25) is 4.57 Å². The molecule has 18 heavy (non-hydrogen) atoms. The molecule has 1 saturated carbocycles. The average molecular weight is 247 g/mol. The Morgan fingerprint density at radius 2 is 2.44 bits per heavy atom. The van der Waals surface area contributed by atoms with Gasteiger partial charge in [0.05, 0.1) is 7.11 Å². The molecule has 1 unspecified atom stereocenters. The molecule has 0 aliphatic heterocycles. The number of fused-ring (bicyclic) bond motifs is 1. The van der Waals surface area contributed by atoms with E-state index in [1.54, 1.807) is 10.9 Å². The molecular weight excluding hydrogens is 234 g/mol. The summed E-state index contributed by atoms with van der Waals surface area (Å²) < 4.78 is 6.90. The Bertz CT molecular complexity index is 634. The van der Waals surface area contributed by atoms with Gasteiger partial charge < -0.3 is 15.6 Å². The van der Waals surface area contributed by atoms with E-state index >= 15 is 0 Å². The monoisotopic (exact) mass is 247 g/mol. The summed E-state index contributed by atoms with van der Waals surface area (Å²) in [6.45, 7) is 0.179. The molecule has 0 saturated heterocycles. The first-order valence-corrected chi connectivity index (χ1v) is 5.58. The van der Waals surface area contributed by atoms with Gasteiger partial charge in [0.25, 0.3) is 0 Å². The molecule has 1 atom stereocenters. The molecule has 3 N–H and O–H groups in total. The highest BCUT2D eigenvalue weighted by Gasteiger charge is 2.29. The van der Waals surface area contributed by atoms with E-state index in [9.17, 15) is 0 Å². The predicted molar refractivity (Wildman–Crippen MR) is 65.8 cm³/mol. The minimum atomic E-state index is 0.147. The van der Waals surface area contributed by atoms with E-state index in [0.717, 1.165) is 6.42 Å². The molecule has 0 spiro atoms. The molecule has 7 heteroatoms. The van der Waals surface area contributed by atoms with E-state index in [2.05, 4.69) is 15.0 Å². The van der Waals surface area contributed by atoms with E-state index in [-0.39, 0.29) is 18.5 Å². The molecule has 1 fully saturated rings. The van der Waals surface area contributed by atoms with Gasteiger partial charge in [-0.1, -0.05) is 0 Å². The lowest BCUT2D eigenvalue weighted by Crippen LogP contribution is -2.00. The third kappa shape index (κ3) is 1.68. The van der Waals surface area contributed by atoms with E-state index in [1.807, 2.05) is 6.20 Å². The second-order valence-corrected chi connectivity index (χ2v) is 4.20. The fraction of sp³-hybridized carbons (Fsp3) is 0.364. The molecule has 1 aliphatic carbocycles. The van der Waals surface area contributed by atoms with Crippen molar-refractivity contribution in [3.63, 3.8) is 0 Å². The number of nitrogens with two attached hydrogens (primary N) is 1. The zero-order valence-electron chi connectivity index (χ0n) is 9.87. The maximum absolute atomic E-state index is 9.01. The summed E-state index contributed by atoms with van der Waals surface area (Å²) in [6, 6.07) is 0. The van der Waals surface area contributed by atoms with Crippen LogP contribution in [0.25, 0.3) is 17.4 Å². The van der Waals surface area contributed by atoms with Gasteiger partial charge in [0.1, 0.15) is 6.33 Å². The molecule has 0 bridgehead atoms. The number of anilines is 1. The average Bonchev–Trinajstić information content (AvgIpc) is 3.01. The van der Waals surface area contributed by atoms with Crippen LogP contribution >= 0.6 is 0 Å². The van der Waals surface area contributed by atoms with Gasteiger partial charge in [0, 0.05) is 18.7 Å². The summed E-state index contributed by atoms with van der Waals surface area (Å²) in [7, 11) is 1.52. The molecule has 0 radical (unpaired) electrons.